The van der Waals surface area contributed by atoms with Gasteiger partial charge in [-0.1, -0.05) is 5.21 Å². The van der Waals surface area contributed by atoms with Crippen LogP contribution in [0.3, 0.4) is 0 Å². The average molecular weight is 382 g/mol. The van der Waals surface area contributed by atoms with Crippen molar-refractivity contribution in [3.63, 3.8) is 0 Å². The van der Waals surface area contributed by atoms with Crippen LogP contribution in [0.2, 0.25) is 0 Å². The van der Waals surface area contributed by atoms with Gasteiger partial charge in [0.2, 0.25) is 0 Å². The third-order valence-electron chi connectivity index (χ3n) is 4.50. The normalized spacial score (nSPS) is 12.4. The van der Waals surface area contributed by atoms with Crippen LogP contribution in [0, 0.1) is 5.82 Å². The number of rotatable bonds is 6. The molecule has 28 heavy (non-hydrogen) atoms. The minimum Gasteiger partial charge on any atom is -0.508 e. The molecular formula is C19H19FN6O2. The molecule has 1 atom stereocenters. The van der Waals surface area contributed by atoms with Crippen LogP contribution in [0.1, 0.15) is 18.5 Å². The highest BCUT2D eigenvalue weighted by Crippen LogP contribution is 2.29. The van der Waals surface area contributed by atoms with E-state index in [0.717, 1.165) is 16.8 Å². The Morgan fingerprint density at radius 2 is 2.11 bits per heavy atom. The number of aliphatic hydroxyl groups excluding tert-OH is 1. The van der Waals surface area contributed by atoms with E-state index in [9.17, 15) is 9.50 Å². The number of nitrogens with one attached hydrogen (secondary N) is 1. The van der Waals surface area contributed by atoms with E-state index in [1.165, 1.54) is 18.2 Å². The first-order chi connectivity index (χ1) is 13.5. The van der Waals surface area contributed by atoms with Gasteiger partial charge in [0.1, 0.15) is 17.3 Å². The molecule has 4 rings (SSSR count). The van der Waals surface area contributed by atoms with Gasteiger partial charge < -0.3 is 15.5 Å². The van der Waals surface area contributed by atoms with Crippen LogP contribution in [0.15, 0.2) is 48.9 Å². The molecule has 0 radical (unpaired) electrons. The van der Waals surface area contributed by atoms with Crippen molar-refractivity contribution in [2.75, 3.05) is 11.9 Å². The third kappa shape index (κ3) is 3.39. The number of benzene rings is 1. The number of halogens is 1. The molecule has 0 fully saturated rings. The molecule has 8 nitrogen and oxygen atoms in total. The van der Waals surface area contributed by atoms with Gasteiger partial charge in [-0.15, -0.1) is 5.10 Å². The molecule has 0 aliphatic heterocycles. The molecule has 1 unspecified atom stereocenters. The van der Waals surface area contributed by atoms with E-state index in [2.05, 4.69) is 20.7 Å². The Labute approximate surface area is 159 Å². The second kappa shape index (κ2) is 7.28. The quantitative estimate of drug-likeness (QED) is 0.474. The molecule has 0 saturated heterocycles. The minimum absolute atomic E-state index is 0.0174. The van der Waals surface area contributed by atoms with Gasteiger partial charge in [0, 0.05) is 23.0 Å². The lowest BCUT2D eigenvalue weighted by Crippen LogP contribution is -2.07. The summed E-state index contributed by atoms with van der Waals surface area (Å²) in [5.41, 5.74) is 3.52. The number of aromatic nitrogens is 5. The highest BCUT2D eigenvalue weighted by atomic mass is 19.1. The van der Waals surface area contributed by atoms with Crippen molar-refractivity contribution in [1.29, 1.82) is 0 Å². The van der Waals surface area contributed by atoms with Gasteiger partial charge in [-0.05, 0) is 37.3 Å². The van der Waals surface area contributed by atoms with Crippen LogP contribution in [0.4, 0.5) is 10.1 Å². The maximum Gasteiger partial charge on any atom is 0.123 e. The van der Waals surface area contributed by atoms with Crippen molar-refractivity contribution in [2.24, 2.45) is 0 Å². The average Bonchev–Trinajstić information content (AvgIpc) is 3.30. The second-order valence-electron chi connectivity index (χ2n) is 6.46. The van der Waals surface area contributed by atoms with E-state index >= 15 is 0 Å². The van der Waals surface area contributed by atoms with E-state index in [1.807, 2.05) is 19.1 Å². The number of phenols is 1. The Hall–Kier alpha value is -3.46. The van der Waals surface area contributed by atoms with Crippen molar-refractivity contribution in [3.8, 4) is 17.0 Å². The summed E-state index contributed by atoms with van der Waals surface area (Å²) in [6.45, 7) is 2.20. The van der Waals surface area contributed by atoms with Gasteiger partial charge in [-0.25, -0.2) is 13.6 Å². The lowest BCUT2D eigenvalue weighted by molar-refractivity contribution is 0.268. The zero-order valence-corrected chi connectivity index (χ0v) is 15.1. The predicted molar refractivity (Wildman–Crippen MR) is 101 cm³/mol. The maximum atomic E-state index is 13.5. The predicted octanol–water partition coefficient (Wildman–Crippen LogP) is 2.60. The van der Waals surface area contributed by atoms with Crippen molar-refractivity contribution in [2.45, 2.75) is 19.5 Å². The molecular weight excluding hydrogens is 363 g/mol. The lowest BCUT2D eigenvalue weighted by atomic mass is 10.1. The zero-order valence-electron chi connectivity index (χ0n) is 15.1. The summed E-state index contributed by atoms with van der Waals surface area (Å²) in [5.74, 6) is -0.367. The van der Waals surface area contributed by atoms with Gasteiger partial charge in [0.25, 0.3) is 0 Å². The van der Waals surface area contributed by atoms with Gasteiger partial charge in [0.05, 0.1) is 37.1 Å². The molecule has 9 heteroatoms. The standard InChI is InChI=1S/C19H19FN6O2/c1-12(15-8-13(20)2-3-19(15)28)22-14-4-5-26-18(9-14)16(10-21-26)17-11-25(6-7-27)24-23-17/h2-5,8-12,22,27-28H,6-7H2,1H3. The van der Waals surface area contributed by atoms with E-state index in [1.54, 1.807) is 27.8 Å². The summed E-state index contributed by atoms with van der Waals surface area (Å²) >= 11 is 0. The summed E-state index contributed by atoms with van der Waals surface area (Å²) in [5, 5.41) is 34.8. The molecule has 0 aliphatic rings. The van der Waals surface area contributed by atoms with E-state index < -0.39 is 5.82 Å². The largest absolute Gasteiger partial charge is 0.508 e. The van der Waals surface area contributed by atoms with Crippen LogP contribution >= 0.6 is 0 Å². The molecule has 0 aliphatic carbocycles. The Bertz CT molecular complexity index is 1120. The van der Waals surface area contributed by atoms with Crippen LogP contribution in [0.25, 0.3) is 16.8 Å². The van der Waals surface area contributed by atoms with Crippen LogP contribution in [-0.2, 0) is 6.54 Å². The minimum atomic E-state index is -0.402. The first-order valence-electron chi connectivity index (χ1n) is 8.79. The van der Waals surface area contributed by atoms with Crippen LogP contribution in [0.5, 0.6) is 5.75 Å². The number of fused-ring (bicyclic) bond motifs is 1. The number of phenolic OH excluding ortho intramolecular Hbond substituents is 1. The van der Waals surface area contributed by atoms with Crippen molar-refractivity contribution in [3.05, 3.63) is 60.3 Å². The number of hydrogen-bond donors (Lipinski definition) is 3. The van der Waals surface area contributed by atoms with Crippen molar-refractivity contribution >= 4 is 11.2 Å². The number of anilines is 1. The maximum absolute atomic E-state index is 13.5. The first kappa shape index (κ1) is 17.9. The van der Waals surface area contributed by atoms with Crippen LogP contribution in [-0.4, -0.2) is 41.4 Å². The monoisotopic (exact) mass is 382 g/mol. The molecule has 1 aromatic carbocycles. The molecule has 3 N–H and O–H groups in total. The van der Waals surface area contributed by atoms with Gasteiger partial charge in [-0.3, -0.25) is 0 Å². The molecule has 4 aromatic rings. The molecule has 0 spiro atoms. The van der Waals surface area contributed by atoms with E-state index in [-0.39, 0.29) is 18.4 Å². The molecule has 3 aromatic heterocycles. The zero-order chi connectivity index (χ0) is 19.7. The van der Waals surface area contributed by atoms with Gasteiger partial charge in [-0.2, -0.15) is 5.10 Å². The van der Waals surface area contributed by atoms with Gasteiger partial charge in [0.15, 0.2) is 0 Å². The second-order valence-corrected chi connectivity index (χ2v) is 6.46. The summed E-state index contributed by atoms with van der Waals surface area (Å²) < 4.78 is 16.8. The van der Waals surface area contributed by atoms with E-state index in [4.69, 9.17) is 5.11 Å². The topological polar surface area (TPSA) is 100 Å². The fraction of sp³-hybridized carbons (Fsp3) is 0.211. The number of aliphatic hydroxyl groups is 1. The molecule has 0 bridgehead atoms. The fourth-order valence-electron chi connectivity index (χ4n) is 3.10. The fourth-order valence-corrected chi connectivity index (χ4v) is 3.10. The Kier molecular flexibility index (Phi) is 4.66. The highest BCUT2D eigenvalue weighted by molar-refractivity contribution is 5.79. The molecule has 3 heterocycles. The SMILES string of the molecule is CC(Nc1ccn2ncc(-c3cn(CCO)nn3)c2c1)c1cc(F)ccc1O. The summed E-state index contributed by atoms with van der Waals surface area (Å²) in [6.07, 6.45) is 5.26. The number of pyridine rings is 1. The first-order valence-corrected chi connectivity index (χ1v) is 8.79. The summed E-state index contributed by atoms with van der Waals surface area (Å²) in [6, 6.07) is 7.32. The molecule has 0 saturated carbocycles. The summed E-state index contributed by atoms with van der Waals surface area (Å²) in [7, 11) is 0. The number of hydrogen-bond acceptors (Lipinski definition) is 6. The van der Waals surface area contributed by atoms with Crippen molar-refractivity contribution in [1.82, 2.24) is 24.6 Å². The lowest BCUT2D eigenvalue weighted by Gasteiger charge is -2.17. The van der Waals surface area contributed by atoms with E-state index in [0.29, 0.717) is 17.8 Å². The highest BCUT2D eigenvalue weighted by Gasteiger charge is 2.14. The third-order valence-corrected chi connectivity index (χ3v) is 4.50. The van der Waals surface area contributed by atoms with Crippen LogP contribution < -0.4 is 5.32 Å². The number of nitrogens with zero attached hydrogens (tertiary/aromatic N) is 5. The molecule has 144 valence electrons. The van der Waals surface area contributed by atoms with Crippen molar-refractivity contribution < 1.29 is 14.6 Å². The summed E-state index contributed by atoms with van der Waals surface area (Å²) in [4.78, 5) is 0. The molecule has 0 amide bonds. The number of aromatic hydroxyl groups is 1. The Morgan fingerprint density at radius 1 is 1.25 bits per heavy atom. The van der Waals surface area contributed by atoms with Gasteiger partial charge >= 0.3 is 0 Å². The Morgan fingerprint density at radius 3 is 2.93 bits per heavy atom. The Balaban J connectivity index is 1.64. The smallest absolute Gasteiger partial charge is 0.123 e.